The molecule has 0 bridgehead atoms. The predicted octanol–water partition coefficient (Wildman–Crippen LogP) is 4.25. The molecule has 0 saturated carbocycles. The molecule has 0 aromatic heterocycles. The summed E-state index contributed by atoms with van der Waals surface area (Å²) in [7, 11) is 0. The number of hydrogen-bond donors (Lipinski definition) is 1. The van der Waals surface area contributed by atoms with Crippen molar-refractivity contribution in [2.24, 2.45) is 0 Å². The van der Waals surface area contributed by atoms with E-state index >= 15 is 0 Å². The Labute approximate surface area is 162 Å². The van der Waals surface area contributed by atoms with Gasteiger partial charge in [0.1, 0.15) is 17.9 Å². The van der Waals surface area contributed by atoms with E-state index in [0.717, 1.165) is 5.56 Å². The molecule has 2 aromatic carbocycles. The van der Waals surface area contributed by atoms with Gasteiger partial charge in [-0.1, -0.05) is 41.4 Å². The maximum atomic E-state index is 12.3. The van der Waals surface area contributed by atoms with Crippen LogP contribution in [0.1, 0.15) is 29.8 Å². The number of para-hydroxylation sites is 1. The second-order valence-corrected chi connectivity index (χ2v) is 6.66. The minimum atomic E-state index is -0.637. The fourth-order valence-electron chi connectivity index (χ4n) is 2.13. The monoisotopic (exact) mass is 395 g/mol. The number of ether oxygens (including phenoxy) is 2. The summed E-state index contributed by atoms with van der Waals surface area (Å²) in [5, 5.41) is 3.65. The Morgan fingerprint density at radius 2 is 1.85 bits per heavy atom. The molecule has 0 atom stereocenters. The van der Waals surface area contributed by atoms with Crippen LogP contribution in [0, 0.1) is 0 Å². The first-order valence-corrected chi connectivity index (χ1v) is 8.74. The molecule has 2 aromatic rings. The van der Waals surface area contributed by atoms with Crippen molar-refractivity contribution in [1.82, 2.24) is 5.32 Å². The summed E-state index contributed by atoms with van der Waals surface area (Å²) < 4.78 is 10.8. The van der Waals surface area contributed by atoms with Gasteiger partial charge < -0.3 is 14.8 Å². The van der Waals surface area contributed by atoms with E-state index < -0.39 is 5.97 Å². The Balaban J connectivity index is 2.02. The third-order valence-electron chi connectivity index (χ3n) is 3.29. The molecule has 0 spiro atoms. The number of carbonyl (C=O) groups excluding carboxylic acids is 2. The van der Waals surface area contributed by atoms with E-state index in [9.17, 15) is 9.59 Å². The van der Waals surface area contributed by atoms with Crippen LogP contribution in [0.15, 0.2) is 42.5 Å². The van der Waals surface area contributed by atoms with E-state index in [1.807, 2.05) is 13.8 Å². The molecule has 26 heavy (non-hydrogen) atoms. The summed E-state index contributed by atoms with van der Waals surface area (Å²) in [6, 6.07) is 11.7. The van der Waals surface area contributed by atoms with Crippen LogP contribution in [-0.4, -0.2) is 24.5 Å². The van der Waals surface area contributed by atoms with Crippen molar-refractivity contribution in [3.63, 3.8) is 0 Å². The highest BCUT2D eigenvalue weighted by Crippen LogP contribution is 2.24. The summed E-state index contributed by atoms with van der Waals surface area (Å²) in [5.74, 6) is -0.658. The lowest BCUT2D eigenvalue weighted by molar-refractivity contribution is -0.124. The number of rotatable bonds is 7. The van der Waals surface area contributed by atoms with Gasteiger partial charge in [0.15, 0.2) is 6.61 Å². The smallest absolute Gasteiger partial charge is 0.342 e. The van der Waals surface area contributed by atoms with Crippen molar-refractivity contribution in [3.8, 4) is 5.75 Å². The van der Waals surface area contributed by atoms with Gasteiger partial charge in [-0.25, -0.2) is 4.79 Å². The van der Waals surface area contributed by atoms with Gasteiger partial charge in [0.05, 0.1) is 0 Å². The zero-order chi connectivity index (χ0) is 19.1. The standard InChI is InChI=1S/C19H19Cl2NO4/c1-12(2)22-18(23)11-26-19(24)15-5-3-4-6-17(15)25-10-13-7-8-14(20)9-16(13)21/h3-9,12H,10-11H2,1-2H3,(H,22,23). The maximum absolute atomic E-state index is 12.3. The van der Waals surface area contributed by atoms with Crippen LogP contribution < -0.4 is 10.1 Å². The van der Waals surface area contributed by atoms with Crippen LogP contribution in [0.5, 0.6) is 5.75 Å². The Kier molecular flexibility index (Phi) is 7.30. The van der Waals surface area contributed by atoms with Gasteiger partial charge in [0.25, 0.3) is 5.91 Å². The van der Waals surface area contributed by atoms with Gasteiger partial charge in [0.2, 0.25) is 0 Å². The van der Waals surface area contributed by atoms with Gasteiger partial charge in [0, 0.05) is 21.7 Å². The Hall–Kier alpha value is -2.24. The fraction of sp³-hybridized carbons (Fsp3) is 0.263. The van der Waals surface area contributed by atoms with E-state index in [2.05, 4.69) is 5.32 Å². The molecule has 1 amide bonds. The molecule has 5 nitrogen and oxygen atoms in total. The van der Waals surface area contributed by atoms with E-state index in [0.29, 0.717) is 15.8 Å². The maximum Gasteiger partial charge on any atom is 0.342 e. The summed E-state index contributed by atoms with van der Waals surface area (Å²) in [6.07, 6.45) is 0. The van der Waals surface area contributed by atoms with Gasteiger partial charge in [-0.05, 0) is 38.1 Å². The molecule has 0 unspecified atom stereocenters. The van der Waals surface area contributed by atoms with E-state index in [1.54, 1.807) is 42.5 Å². The first-order valence-electron chi connectivity index (χ1n) is 7.99. The Bertz CT molecular complexity index is 793. The molecule has 0 heterocycles. The van der Waals surface area contributed by atoms with Gasteiger partial charge in [-0.15, -0.1) is 0 Å². The normalized spacial score (nSPS) is 10.5. The van der Waals surface area contributed by atoms with Gasteiger partial charge >= 0.3 is 5.97 Å². The molecule has 2 rings (SSSR count). The molecular formula is C19H19Cl2NO4. The molecule has 0 aliphatic heterocycles. The first kappa shape index (κ1) is 20.1. The quantitative estimate of drug-likeness (QED) is 0.711. The lowest BCUT2D eigenvalue weighted by Crippen LogP contribution is -2.34. The third kappa shape index (κ3) is 5.93. The van der Waals surface area contributed by atoms with Gasteiger partial charge in [-0.3, -0.25) is 4.79 Å². The molecular weight excluding hydrogens is 377 g/mol. The molecule has 0 radical (unpaired) electrons. The number of esters is 1. The van der Waals surface area contributed by atoms with Crippen LogP contribution >= 0.6 is 23.2 Å². The largest absolute Gasteiger partial charge is 0.488 e. The van der Waals surface area contributed by atoms with Crippen LogP contribution in [0.4, 0.5) is 0 Å². The molecule has 0 aliphatic rings. The topological polar surface area (TPSA) is 64.6 Å². The first-order chi connectivity index (χ1) is 12.4. The zero-order valence-corrected chi connectivity index (χ0v) is 15.9. The summed E-state index contributed by atoms with van der Waals surface area (Å²) in [4.78, 5) is 23.9. The Morgan fingerprint density at radius 1 is 1.12 bits per heavy atom. The lowest BCUT2D eigenvalue weighted by atomic mass is 10.2. The van der Waals surface area contributed by atoms with Crippen molar-refractivity contribution in [1.29, 1.82) is 0 Å². The third-order valence-corrected chi connectivity index (χ3v) is 3.88. The number of hydrogen-bond acceptors (Lipinski definition) is 4. The predicted molar refractivity (Wildman–Crippen MR) is 101 cm³/mol. The number of halogens is 2. The van der Waals surface area contributed by atoms with Crippen molar-refractivity contribution >= 4 is 35.1 Å². The average molecular weight is 396 g/mol. The summed E-state index contributed by atoms with van der Waals surface area (Å²) >= 11 is 12.0. The summed E-state index contributed by atoms with van der Waals surface area (Å²) in [5.41, 5.74) is 0.963. The molecule has 1 N–H and O–H groups in total. The van der Waals surface area contributed by atoms with E-state index in [4.69, 9.17) is 32.7 Å². The average Bonchev–Trinajstić information content (AvgIpc) is 2.58. The Morgan fingerprint density at radius 3 is 2.54 bits per heavy atom. The molecule has 138 valence electrons. The van der Waals surface area contributed by atoms with E-state index in [1.165, 1.54) is 0 Å². The number of benzene rings is 2. The van der Waals surface area contributed by atoms with Crippen LogP contribution in [0.25, 0.3) is 0 Å². The second kappa shape index (κ2) is 9.46. The lowest BCUT2D eigenvalue weighted by Gasteiger charge is -2.13. The fourth-order valence-corrected chi connectivity index (χ4v) is 2.59. The minimum Gasteiger partial charge on any atom is -0.488 e. The highest BCUT2D eigenvalue weighted by molar-refractivity contribution is 6.35. The highest BCUT2D eigenvalue weighted by Gasteiger charge is 2.16. The highest BCUT2D eigenvalue weighted by atomic mass is 35.5. The van der Waals surface area contributed by atoms with E-state index in [-0.39, 0.29) is 30.7 Å². The SMILES string of the molecule is CC(C)NC(=O)COC(=O)c1ccccc1OCc1ccc(Cl)cc1Cl. The van der Waals surface area contributed by atoms with Gasteiger partial charge in [-0.2, -0.15) is 0 Å². The van der Waals surface area contributed by atoms with Crippen LogP contribution in [0.2, 0.25) is 10.0 Å². The van der Waals surface area contributed by atoms with Crippen molar-refractivity contribution in [3.05, 3.63) is 63.6 Å². The summed E-state index contributed by atoms with van der Waals surface area (Å²) in [6.45, 7) is 3.46. The number of carbonyl (C=O) groups is 2. The minimum absolute atomic E-state index is 0.0269. The zero-order valence-electron chi connectivity index (χ0n) is 14.4. The second-order valence-electron chi connectivity index (χ2n) is 5.82. The van der Waals surface area contributed by atoms with Crippen LogP contribution in [0.3, 0.4) is 0 Å². The van der Waals surface area contributed by atoms with Crippen molar-refractivity contribution < 1.29 is 19.1 Å². The number of nitrogens with one attached hydrogen (secondary N) is 1. The van der Waals surface area contributed by atoms with Crippen molar-refractivity contribution in [2.45, 2.75) is 26.5 Å². The van der Waals surface area contributed by atoms with Crippen molar-refractivity contribution in [2.75, 3.05) is 6.61 Å². The molecule has 0 fully saturated rings. The molecule has 0 saturated heterocycles. The number of amides is 1. The molecule has 7 heteroatoms. The van der Waals surface area contributed by atoms with Crippen LogP contribution in [-0.2, 0) is 16.1 Å². The molecule has 0 aliphatic carbocycles.